The Morgan fingerprint density at radius 3 is 2.17 bits per heavy atom. The lowest BCUT2D eigenvalue weighted by molar-refractivity contribution is -0.143. The topological polar surface area (TPSA) is 105 Å². The van der Waals surface area contributed by atoms with Crippen molar-refractivity contribution >= 4 is 18.0 Å². The van der Waals surface area contributed by atoms with Crippen LogP contribution in [0.3, 0.4) is 0 Å². The number of carbonyl (C=O) groups is 3. The molecule has 7 nitrogen and oxygen atoms in total. The SMILES string of the molecule is CC(C)(C)CC(NC(=O)C1CCC(NC(=O)OCC2c3ccccc3-c3ccccc32)C1)C(=O)O. The molecule has 0 radical (unpaired) electrons. The zero-order valence-electron chi connectivity index (χ0n) is 20.5. The first-order valence-electron chi connectivity index (χ1n) is 12.3. The van der Waals surface area contributed by atoms with Crippen LogP contribution in [0.5, 0.6) is 0 Å². The van der Waals surface area contributed by atoms with Crippen molar-refractivity contribution < 1.29 is 24.2 Å². The van der Waals surface area contributed by atoms with Gasteiger partial charge in [0.1, 0.15) is 12.6 Å². The number of rotatable bonds is 7. The Balaban J connectivity index is 1.29. The molecule has 4 rings (SSSR count). The molecule has 2 aromatic carbocycles. The van der Waals surface area contributed by atoms with E-state index in [9.17, 15) is 19.5 Å². The predicted octanol–water partition coefficient (Wildman–Crippen LogP) is 4.70. The fourth-order valence-corrected chi connectivity index (χ4v) is 5.26. The maximum absolute atomic E-state index is 12.7. The number of alkyl carbamates (subject to hydrolysis) is 1. The number of aliphatic carboxylic acids is 1. The molecule has 3 unspecified atom stereocenters. The van der Waals surface area contributed by atoms with Gasteiger partial charge in [0.2, 0.25) is 5.91 Å². The average Bonchev–Trinajstić information content (AvgIpc) is 3.39. The molecule has 1 fully saturated rings. The van der Waals surface area contributed by atoms with Gasteiger partial charge in [0, 0.05) is 17.9 Å². The number of nitrogens with one attached hydrogen (secondary N) is 2. The fourth-order valence-electron chi connectivity index (χ4n) is 5.26. The largest absolute Gasteiger partial charge is 0.480 e. The molecule has 0 spiro atoms. The summed E-state index contributed by atoms with van der Waals surface area (Å²) >= 11 is 0. The molecule has 1 saturated carbocycles. The number of ether oxygens (including phenoxy) is 1. The lowest BCUT2D eigenvalue weighted by Gasteiger charge is -2.25. The van der Waals surface area contributed by atoms with Gasteiger partial charge >= 0.3 is 12.1 Å². The number of carboxylic acids is 1. The van der Waals surface area contributed by atoms with Gasteiger partial charge in [0.15, 0.2) is 0 Å². The Hall–Kier alpha value is -3.35. The van der Waals surface area contributed by atoms with Crippen LogP contribution in [0.25, 0.3) is 11.1 Å². The van der Waals surface area contributed by atoms with E-state index in [4.69, 9.17) is 4.74 Å². The van der Waals surface area contributed by atoms with Crippen molar-refractivity contribution in [2.45, 2.75) is 64.5 Å². The molecule has 7 heteroatoms. The molecule has 3 atom stereocenters. The third kappa shape index (κ3) is 5.84. The zero-order chi connectivity index (χ0) is 25.2. The van der Waals surface area contributed by atoms with E-state index in [2.05, 4.69) is 34.9 Å². The first kappa shape index (κ1) is 24.8. The molecule has 3 N–H and O–H groups in total. The van der Waals surface area contributed by atoms with E-state index >= 15 is 0 Å². The number of carbonyl (C=O) groups excluding carboxylic acids is 2. The van der Waals surface area contributed by atoms with Crippen molar-refractivity contribution in [3.05, 3.63) is 59.7 Å². The molecule has 2 amide bonds. The fraction of sp³-hybridized carbons (Fsp3) is 0.464. The normalized spacial score (nSPS) is 20.0. The third-order valence-electron chi connectivity index (χ3n) is 6.90. The minimum Gasteiger partial charge on any atom is -0.480 e. The zero-order valence-corrected chi connectivity index (χ0v) is 20.5. The molecule has 0 heterocycles. The quantitative estimate of drug-likeness (QED) is 0.535. The first-order valence-corrected chi connectivity index (χ1v) is 12.3. The predicted molar refractivity (Wildman–Crippen MR) is 133 cm³/mol. The second kappa shape index (κ2) is 10.1. The molecular formula is C28H34N2O5. The highest BCUT2D eigenvalue weighted by Gasteiger charge is 2.35. The number of carboxylic acid groups (broad SMARTS) is 1. The van der Waals surface area contributed by atoms with Crippen LogP contribution in [0.1, 0.15) is 63.5 Å². The van der Waals surface area contributed by atoms with E-state index in [0.717, 1.165) is 11.1 Å². The minimum atomic E-state index is -1.03. The summed E-state index contributed by atoms with van der Waals surface area (Å²) in [6.45, 7) is 6.07. The van der Waals surface area contributed by atoms with Crippen LogP contribution in [0.4, 0.5) is 4.79 Å². The molecule has 35 heavy (non-hydrogen) atoms. The standard InChI is InChI=1S/C28H34N2O5/c1-28(2,3)15-24(26(32)33)30-25(31)17-12-13-18(14-17)29-27(34)35-16-23-21-10-6-4-8-19(21)20-9-5-7-11-22(20)23/h4-11,17-18,23-24H,12-16H2,1-3H3,(H,29,34)(H,30,31)(H,32,33). The smallest absolute Gasteiger partial charge is 0.407 e. The summed E-state index contributed by atoms with van der Waals surface area (Å²) < 4.78 is 5.62. The molecule has 0 aliphatic heterocycles. The van der Waals surface area contributed by atoms with Gasteiger partial charge in [-0.05, 0) is 53.4 Å². The third-order valence-corrected chi connectivity index (χ3v) is 6.90. The summed E-state index contributed by atoms with van der Waals surface area (Å²) in [5, 5.41) is 15.1. The minimum absolute atomic E-state index is 0.00831. The van der Waals surface area contributed by atoms with Gasteiger partial charge in [-0.3, -0.25) is 4.79 Å². The lowest BCUT2D eigenvalue weighted by Crippen LogP contribution is -2.45. The molecule has 2 aliphatic carbocycles. The molecule has 186 valence electrons. The Bertz CT molecular complexity index is 1060. The maximum Gasteiger partial charge on any atom is 0.407 e. The van der Waals surface area contributed by atoms with Crippen LogP contribution in [-0.2, 0) is 14.3 Å². The van der Waals surface area contributed by atoms with Gasteiger partial charge in [0.25, 0.3) is 0 Å². The van der Waals surface area contributed by atoms with Crippen LogP contribution in [0.2, 0.25) is 0 Å². The monoisotopic (exact) mass is 478 g/mol. The van der Waals surface area contributed by atoms with Crippen molar-refractivity contribution in [1.29, 1.82) is 0 Å². The summed E-state index contributed by atoms with van der Waals surface area (Å²) in [6.07, 6.45) is 1.58. The highest BCUT2D eigenvalue weighted by Crippen LogP contribution is 2.44. The van der Waals surface area contributed by atoms with E-state index in [1.165, 1.54) is 11.1 Å². The van der Waals surface area contributed by atoms with Crippen molar-refractivity contribution in [2.24, 2.45) is 11.3 Å². The van der Waals surface area contributed by atoms with E-state index in [0.29, 0.717) is 25.7 Å². The summed E-state index contributed by atoms with van der Waals surface area (Å²) in [6, 6.07) is 15.3. The van der Waals surface area contributed by atoms with Gasteiger partial charge in [0.05, 0.1) is 0 Å². The highest BCUT2D eigenvalue weighted by atomic mass is 16.5. The molecule has 0 bridgehead atoms. The average molecular weight is 479 g/mol. The Labute approximate surface area is 206 Å². The van der Waals surface area contributed by atoms with Crippen molar-refractivity contribution in [3.8, 4) is 11.1 Å². The number of benzene rings is 2. The molecule has 0 saturated heterocycles. The highest BCUT2D eigenvalue weighted by molar-refractivity contribution is 5.85. The summed E-state index contributed by atoms with van der Waals surface area (Å²) in [5.41, 5.74) is 4.44. The van der Waals surface area contributed by atoms with Crippen LogP contribution in [0.15, 0.2) is 48.5 Å². The second-order valence-electron chi connectivity index (χ2n) is 10.8. The van der Waals surface area contributed by atoms with Gasteiger partial charge in [-0.15, -0.1) is 0 Å². The molecule has 0 aromatic heterocycles. The Kier molecular flexibility index (Phi) is 7.15. The number of fused-ring (bicyclic) bond motifs is 3. The van der Waals surface area contributed by atoms with Gasteiger partial charge < -0.3 is 20.5 Å². The maximum atomic E-state index is 12.7. The molecular weight excluding hydrogens is 444 g/mol. The van der Waals surface area contributed by atoms with Gasteiger partial charge in [-0.25, -0.2) is 9.59 Å². The first-order chi connectivity index (χ1) is 16.6. The number of hydrogen-bond donors (Lipinski definition) is 3. The van der Waals surface area contributed by atoms with Crippen molar-refractivity contribution in [2.75, 3.05) is 6.61 Å². The summed E-state index contributed by atoms with van der Waals surface area (Å²) in [7, 11) is 0. The van der Waals surface area contributed by atoms with Crippen LogP contribution >= 0.6 is 0 Å². The van der Waals surface area contributed by atoms with Gasteiger partial charge in [-0.2, -0.15) is 0 Å². The van der Waals surface area contributed by atoms with E-state index in [1.54, 1.807) is 0 Å². The van der Waals surface area contributed by atoms with Crippen LogP contribution < -0.4 is 10.6 Å². The van der Waals surface area contributed by atoms with E-state index in [1.807, 2.05) is 45.0 Å². The molecule has 2 aliphatic rings. The van der Waals surface area contributed by atoms with Gasteiger partial charge in [-0.1, -0.05) is 69.3 Å². The second-order valence-corrected chi connectivity index (χ2v) is 10.8. The Morgan fingerprint density at radius 2 is 1.60 bits per heavy atom. The number of hydrogen-bond acceptors (Lipinski definition) is 4. The van der Waals surface area contributed by atoms with E-state index in [-0.39, 0.29) is 35.8 Å². The summed E-state index contributed by atoms with van der Waals surface area (Å²) in [4.78, 5) is 36.8. The molecule has 2 aromatic rings. The lowest BCUT2D eigenvalue weighted by atomic mass is 9.88. The number of amides is 2. The van der Waals surface area contributed by atoms with Crippen molar-refractivity contribution in [1.82, 2.24) is 10.6 Å². The van der Waals surface area contributed by atoms with Crippen molar-refractivity contribution in [3.63, 3.8) is 0 Å². The van der Waals surface area contributed by atoms with E-state index < -0.39 is 18.1 Å². The van der Waals surface area contributed by atoms with Crippen LogP contribution in [0, 0.1) is 11.3 Å². The Morgan fingerprint density at radius 1 is 1.00 bits per heavy atom. The summed E-state index contributed by atoms with van der Waals surface area (Å²) in [5.74, 6) is -1.63. The van der Waals surface area contributed by atoms with Crippen LogP contribution in [-0.4, -0.2) is 41.8 Å².